The van der Waals surface area contributed by atoms with Crippen molar-refractivity contribution in [3.63, 3.8) is 0 Å². The predicted octanol–water partition coefficient (Wildman–Crippen LogP) is 3.19. The second-order valence-electron chi connectivity index (χ2n) is 4.84. The number of rotatable bonds is 2. The maximum absolute atomic E-state index is 5.38. The van der Waals surface area contributed by atoms with E-state index in [9.17, 15) is 0 Å². The van der Waals surface area contributed by atoms with E-state index in [1.165, 1.54) is 0 Å². The third-order valence-corrected chi connectivity index (χ3v) is 3.75. The molecule has 1 atom stereocenters. The number of hydrogen-bond acceptors (Lipinski definition) is 4. The van der Waals surface area contributed by atoms with Gasteiger partial charge in [-0.05, 0) is 44.2 Å². The molecule has 0 aromatic heterocycles. The highest BCUT2D eigenvalue weighted by Gasteiger charge is 2.35. The fraction of sp³-hybridized carbons (Fsp3) is 0.267. The molecule has 3 rings (SSSR count). The second-order valence-corrected chi connectivity index (χ2v) is 5.26. The highest BCUT2D eigenvalue weighted by Crippen LogP contribution is 2.35. The molecule has 0 bridgehead atoms. The van der Waals surface area contributed by atoms with E-state index in [1.54, 1.807) is 7.11 Å². The van der Waals surface area contributed by atoms with E-state index in [1.807, 2.05) is 49.2 Å². The van der Waals surface area contributed by atoms with Gasteiger partial charge in [0.1, 0.15) is 10.7 Å². The average molecular weight is 285 g/mol. The largest absolute Gasteiger partial charge is 0.497 e. The molecule has 0 saturated carbocycles. The summed E-state index contributed by atoms with van der Waals surface area (Å²) in [6.07, 6.45) is 2.05. The van der Waals surface area contributed by atoms with Crippen LogP contribution in [0.5, 0.6) is 5.75 Å². The number of methoxy groups -OCH3 is 1. The number of nitrogens with zero attached hydrogens (tertiary/aromatic N) is 3. The zero-order valence-corrected chi connectivity index (χ0v) is 12.4. The van der Waals surface area contributed by atoms with Crippen LogP contribution >= 0.6 is 12.2 Å². The van der Waals surface area contributed by atoms with Crippen LogP contribution in [0.25, 0.3) is 0 Å². The summed E-state index contributed by atoms with van der Waals surface area (Å²) < 4.78 is 5.18. The SMILES string of the molecule is COc1ccc(N2N=C(C)C3C(=S)N=C(C)C=C32)cc1. The standard InChI is InChI=1S/C15H15N3OS/c1-9-8-13-14(15(20)16-9)10(2)17-18(13)11-4-6-12(19-3)7-5-11/h4-8,14H,1-3H3. The molecule has 0 fully saturated rings. The van der Waals surface area contributed by atoms with Crippen LogP contribution in [0.3, 0.4) is 0 Å². The van der Waals surface area contributed by atoms with Crippen LogP contribution in [0, 0.1) is 5.92 Å². The van der Waals surface area contributed by atoms with Crippen molar-refractivity contribution >= 4 is 34.3 Å². The van der Waals surface area contributed by atoms with E-state index in [0.29, 0.717) is 4.99 Å². The summed E-state index contributed by atoms with van der Waals surface area (Å²) in [5, 5.41) is 6.56. The summed E-state index contributed by atoms with van der Waals surface area (Å²) in [5.74, 6) is 0.854. The Labute approximate surface area is 123 Å². The molecule has 0 aliphatic carbocycles. The van der Waals surface area contributed by atoms with Crippen LogP contribution in [0.15, 0.2) is 46.1 Å². The summed E-state index contributed by atoms with van der Waals surface area (Å²) in [7, 11) is 1.66. The van der Waals surface area contributed by atoms with E-state index in [4.69, 9.17) is 17.0 Å². The molecular weight excluding hydrogens is 270 g/mol. The molecule has 0 spiro atoms. The van der Waals surface area contributed by atoms with Gasteiger partial charge in [-0.15, -0.1) is 0 Å². The van der Waals surface area contributed by atoms with Crippen LogP contribution in [-0.4, -0.2) is 23.5 Å². The van der Waals surface area contributed by atoms with Crippen LogP contribution in [0.2, 0.25) is 0 Å². The van der Waals surface area contributed by atoms with Crippen LogP contribution < -0.4 is 9.75 Å². The van der Waals surface area contributed by atoms with E-state index in [-0.39, 0.29) is 5.92 Å². The summed E-state index contributed by atoms with van der Waals surface area (Å²) in [5.41, 5.74) is 3.97. The zero-order valence-electron chi connectivity index (χ0n) is 11.6. The molecule has 0 saturated heterocycles. The Balaban J connectivity index is 2.01. The number of ether oxygens (including phenoxy) is 1. The van der Waals surface area contributed by atoms with Crippen molar-refractivity contribution in [3.05, 3.63) is 36.0 Å². The molecule has 0 radical (unpaired) electrons. The zero-order chi connectivity index (χ0) is 14.3. The van der Waals surface area contributed by atoms with Gasteiger partial charge in [-0.2, -0.15) is 5.10 Å². The van der Waals surface area contributed by atoms with Crippen molar-refractivity contribution in [2.45, 2.75) is 13.8 Å². The van der Waals surface area contributed by atoms with Crippen LogP contribution in [-0.2, 0) is 0 Å². The van der Waals surface area contributed by atoms with Gasteiger partial charge in [0.2, 0.25) is 0 Å². The first-order valence-electron chi connectivity index (χ1n) is 6.40. The number of aliphatic imine (C=N–C) groups is 1. The maximum Gasteiger partial charge on any atom is 0.119 e. The first-order chi connectivity index (χ1) is 9.60. The van der Waals surface area contributed by atoms with Gasteiger partial charge in [-0.1, -0.05) is 12.2 Å². The molecule has 20 heavy (non-hydrogen) atoms. The van der Waals surface area contributed by atoms with Crippen molar-refractivity contribution in [1.82, 2.24) is 0 Å². The fourth-order valence-corrected chi connectivity index (χ4v) is 2.91. The fourth-order valence-electron chi connectivity index (χ4n) is 2.47. The van der Waals surface area contributed by atoms with Gasteiger partial charge >= 0.3 is 0 Å². The van der Waals surface area contributed by atoms with Gasteiger partial charge in [0.05, 0.1) is 30.1 Å². The van der Waals surface area contributed by atoms with Crippen LogP contribution in [0.1, 0.15) is 13.8 Å². The lowest BCUT2D eigenvalue weighted by Gasteiger charge is -2.22. The Morgan fingerprint density at radius 3 is 2.55 bits per heavy atom. The Morgan fingerprint density at radius 1 is 1.20 bits per heavy atom. The molecule has 2 aliphatic heterocycles. The number of benzene rings is 1. The Morgan fingerprint density at radius 2 is 1.90 bits per heavy atom. The number of hydrogen-bond donors (Lipinski definition) is 0. The lowest BCUT2D eigenvalue weighted by molar-refractivity contribution is 0.415. The number of thiocarbonyl (C=S) groups is 1. The molecule has 0 amide bonds. The van der Waals surface area contributed by atoms with Crippen molar-refractivity contribution in [2.75, 3.05) is 12.1 Å². The Hall–Kier alpha value is -2.01. The lowest BCUT2D eigenvalue weighted by atomic mass is 9.97. The smallest absolute Gasteiger partial charge is 0.119 e. The molecule has 1 aromatic carbocycles. The Kier molecular flexibility index (Phi) is 3.14. The third-order valence-electron chi connectivity index (χ3n) is 3.42. The molecule has 1 unspecified atom stereocenters. The highest BCUT2D eigenvalue weighted by molar-refractivity contribution is 7.80. The number of fused-ring (bicyclic) bond motifs is 1. The number of anilines is 1. The third kappa shape index (κ3) is 2.04. The number of allylic oxidation sites excluding steroid dienone is 1. The maximum atomic E-state index is 5.38. The molecular formula is C15H15N3OS. The van der Waals surface area contributed by atoms with Gasteiger partial charge in [0.15, 0.2) is 0 Å². The second kappa shape index (κ2) is 4.83. The van der Waals surface area contributed by atoms with Gasteiger partial charge in [0, 0.05) is 5.71 Å². The predicted molar refractivity (Wildman–Crippen MR) is 85.9 cm³/mol. The molecule has 2 aliphatic rings. The van der Waals surface area contributed by atoms with Gasteiger partial charge in [0.25, 0.3) is 0 Å². The first-order valence-corrected chi connectivity index (χ1v) is 6.81. The number of hydrazone groups is 1. The molecule has 1 aromatic rings. The lowest BCUT2D eigenvalue weighted by Crippen LogP contribution is -2.26. The minimum atomic E-state index is 0.0239. The van der Waals surface area contributed by atoms with Crippen molar-refractivity contribution in [2.24, 2.45) is 16.0 Å². The summed E-state index contributed by atoms with van der Waals surface area (Å²) >= 11 is 5.38. The number of dihydropyridines is 1. The van der Waals surface area contributed by atoms with Crippen molar-refractivity contribution in [3.8, 4) is 5.75 Å². The molecule has 0 N–H and O–H groups in total. The van der Waals surface area contributed by atoms with E-state index >= 15 is 0 Å². The van der Waals surface area contributed by atoms with E-state index in [0.717, 1.165) is 28.6 Å². The van der Waals surface area contributed by atoms with E-state index < -0.39 is 0 Å². The Bertz CT molecular complexity index is 658. The minimum Gasteiger partial charge on any atom is -0.497 e. The normalized spacial score (nSPS) is 21.1. The van der Waals surface area contributed by atoms with Gasteiger partial charge < -0.3 is 4.74 Å². The van der Waals surface area contributed by atoms with Crippen molar-refractivity contribution < 1.29 is 4.74 Å². The van der Waals surface area contributed by atoms with Gasteiger partial charge in [-0.3, -0.25) is 0 Å². The topological polar surface area (TPSA) is 37.2 Å². The first kappa shape index (κ1) is 13.0. The molecule has 4 nitrogen and oxygen atoms in total. The quantitative estimate of drug-likeness (QED) is 0.783. The highest BCUT2D eigenvalue weighted by atomic mass is 32.1. The summed E-state index contributed by atoms with van der Waals surface area (Å²) in [6.45, 7) is 3.94. The van der Waals surface area contributed by atoms with Crippen molar-refractivity contribution in [1.29, 1.82) is 0 Å². The molecule has 2 heterocycles. The molecule has 5 heteroatoms. The monoisotopic (exact) mass is 285 g/mol. The average Bonchev–Trinajstić information content (AvgIpc) is 2.76. The van der Waals surface area contributed by atoms with Crippen LogP contribution in [0.4, 0.5) is 5.69 Å². The minimum absolute atomic E-state index is 0.0239. The van der Waals surface area contributed by atoms with Gasteiger partial charge in [-0.25, -0.2) is 10.0 Å². The molecule has 102 valence electrons. The summed E-state index contributed by atoms with van der Waals surface area (Å²) in [4.78, 5) is 5.07. The van der Waals surface area contributed by atoms with E-state index in [2.05, 4.69) is 10.1 Å². The summed E-state index contributed by atoms with van der Waals surface area (Å²) in [6, 6.07) is 7.83.